The lowest BCUT2D eigenvalue weighted by molar-refractivity contribution is 0.446. The summed E-state index contributed by atoms with van der Waals surface area (Å²) < 4.78 is 0. The molecule has 0 fully saturated rings. The van der Waals surface area contributed by atoms with Crippen LogP contribution < -0.4 is 0 Å². The van der Waals surface area contributed by atoms with Gasteiger partial charge in [0.2, 0.25) is 0 Å². The second-order valence-corrected chi connectivity index (χ2v) is 7.31. The third-order valence-corrected chi connectivity index (χ3v) is 4.16. The van der Waals surface area contributed by atoms with Crippen molar-refractivity contribution in [2.75, 3.05) is 0 Å². The minimum Gasteiger partial charge on any atom is -0.508 e. The van der Waals surface area contributed by atoms with Gasteiger partial charge in [-0.2, -0.15) is 0 Å². The van der Waals surface area contributed by atoms with E-state index in [0.29, 0.717) is 11.5 Å². The number of rotatable bonds is 2. The summed E-state index contributed by atoms with van der Waals surface area (Å²) in [5, 5.41) is 20.1. The van der Waals surface area contributed by atoms with Crippen molar-refractivity contribution in [3.8, 4) is 11.5 Å². The third kappa shape index (κ3) is 3.76. The SMILES string of the molecule is Cc1cc(O)c(C(C)(C)C)cc1/C=C/c1cc(C)c(O)c(C)c1. The number of phenols is 2. The quantitative estimate of drug-likeness (QED) is 0.720. The standard InChI is InChI=1S/C21H26O2/c1-13-11-19(22)18(21(4,5)6)12-17(13)8-7-16-9-14(2)20(23)15(3)10-16/h7-12,22-23H,1-6H3/b8-7+. The summed E-state index contributed by atoms with van der Waals surface area (Å²) in [7, 11) is 0. The van der Waals surface area contributed by atoms with E-state index in [4.69, 9.17) is 0 Å². The molecule has 0 radical (unpaired) electrons. The summed E-state index contributed by atoms with van der Waals surface area (Å²) in [6, 6.07) is 7.83. The number of aromatic hydroxyl groups is 2. The normalized spacial score (nSPS) is 12.1. The molecule has 0 aliphatic carbocycles. The molecule has 0 aliphatic heterocycles. The van der Waals surface area contributed by atoms with E-state index in [-0.39, 0.29) is 5.41 Å². The Morgan fingerprint density at radius 3 is 1.87 bits per heavy atom. The third-order valence-electron chi connectivity index (χ3n) is 4.16. The molecule has 23 heavy (non-hydrogen) atoms. The van der Waals surface area contributed by atoms with E-state index in [1.54, 1.807) is 0 Å². The summed E-state index contributed by atoms with van der Waals surface area (Å²) >= 11 is 0. The molecule has 0 atom stereocenters. The van der Waals surface area contributed by atoms with Crippen LogP contribution in [0.15, 0.2) is 24.3 Å². The first kappa shape index (κ1) is 17.1. The van der Waals surface area contributed by atoms with Crippen molar-refractivity contribution in [3.63, 3.8) is 0 Å². The fraction of sp³-hybridized carbons (Fsp3) is 0.333. The van der Waals surface area contributed by atoms with Crippen LogP contribution in [0.4, 0.5) is 0 Å². The zero-order valence-corrected chi connectivity index (χ0v) is 14.9. The lowest BCUT2D eigenvalue weighted by atomic mass is 9.84. The van der Waals surface area contributed by atoms with Gasteiger partial charge in [0.15, 0.2) is 0 Å². The van der Waals surface area contributed by atoms with Gasteiger partial charge in [-0.25, -0.2) is 0 Å². The molecule has 0 unspecified atom stereocenters. The average Bonchev–Trinajstić information content (AvgIpc) is 2.42. The molecule has 2 rings (SSSR count). The van der Waals surface area contributed by atoms with Gasteiger partial charge in [-0.3, -0.25) is 0 Å². The largest absolute Gasteiger partial charge is 0.508 e. The van der Waals surface area contributed by atoms with Crippen molar-refractivity contribution < 1.29 is 10.2 Å². The molecule has 2 heteroatoms. The second-order valence-electron chi connectivity index (χ2n) is 7.31. The van der Waals surface area contributed by atoms with Gasteiger partial charge in [0.25, 0.3) is 0 Å². The van der Waals surface area contributed by atoms with Crippen molar-refractivity contribution in [3.05, 3.63) is 57.6 Å². The minimum atomic E-state index is -0.105. The van der Waals surface area contributed by atoms with E-state index < -0.39 is 0 Å². The van der Waals surface area contributed by atoms with Crippen molar-refractivity contribution in [2.24, 2.45) is 0 Å². The van der Waals surface area contributed by atoms with Gasteiger partial charge in [-0.1, -0.05) is 32.9 Å². The highest BCUT2D eigenvalue weighted by atomic mass is 16.3. The Balaban J connectivity index is 2.44. The highest BCUT2D eigenvalue weighted by Crippen LogP contribution is 2.33. The van der Waals surface area contributed by atoms with E-state index in [9.17, 15) is 10.2 Å². The van der Waals surface area contributed by atoms with E-state index in [1.165, 1.54) is 0 Å². The molecule has 2 N–H and O–H groups in total. The Morgan fingerprint density at radius 2 is 1.35 bits per heavy atom. The zero-order chi connectivity index (χ0) is 17.4. The fourth-order valence-electron chi connectivity index (χ4n) is 2.76. The van der Waals surface area contributed by atoms with E-state index in [0.717, 1.165) is 33.4 Å². The maximum absolute atomic E-state index is 10.2. The molecule has 0 aliphatic rings. The van der Waals surface area contributed by atoms with Crippen LogP contribution in [0.2, 0.25) is 0 Å². The number of hydrogen-bond donors (Lipinski definition) is 2. The summed E-state index contributed by atoms with van der Waals surface area (Å²) in [6.45, 7) is 12.1. The number of benzene rings is 2. The first-order valence-electron chi connectivity index (χ1n) is 7.92. The van der Waals surface area contributed by atoms with Crippen LogP contribution in [-0.4, -0.2) is 10.2 Å². The molecule has 0 bridgehead atoms. The topological polar surface area (TPSA) is 40.5 Å². The van der Waals surface area contributed by atoms with E-state index >= 15 is 0 Å². The number of phenolic OH excluding ortho intramolecular Hbond substituents is 2. The van der Waals surface area contributed by atoms with Gasteiger partial charge in [-0.05, 0) is 83.8 Å². The smallest absolute Gasteiger partial charge is 0.121 e. The fourth-order valence-corrected chi connectivity index (χ4v) is 2.76. The lowest BCUT2D eigenvalue weighted by Gasteiger charge is -2.21. The van der Waals surface area contributed by atoms with E-state index in [2.05, 4.69) is 32.9 Å². The Morgan fingerprint density at radius 1 is 0.783 bits per heavy atom. The Hall–Kier alpha value is -2.22. The van der Waals surface area contributed by atoms with Gasteiger partial charge in [-0.15, -0.1) is 0 Å². The summed E-state index contributed by atoms with van der Waals surface area (Å²) in [5.41, 5.74) is 5.79. The lowest BCUT2D eigenvalue weighted by Crippen LogP contribution is -2.11. The van der Waals surface area contributed by atoms with Crippen LogP contribution in [0.25, 0.3) is 12.2 Å². The van der Waals surface area contributed by atoms with Crippen LogP contribution in [0.1, 0.15) is 54.2 Å². The molecule has 0 saturated carbocycles. The summed E-state index contributed by atoms with van der Waals surface area (Å²) in [4.78, 5) is 0. The maximum atomic E-state index is 10.2. The minimum absolute atomic E-state index is 0.105. The Bertz CT molecular complexity index is 739. The second kappa shape index (κ2) is 6.11. The number of aryl methyl sites for hydroxylation is 3. The molecule has 0 spiro atoms. The van der Waals surface area contributed by atoms with Crippen molar-refractivity contribution >= 4 is 12.2 Å². The highest BCUT2D eigenvalue weighted by Gasteiger charge is 2.19. The van der Waals surface area contributed by atoms with Gasteiger partial charge in [0.05, 0.1) is 0 Å². The Labute approximate surface area is 139 Å². The molecule has 0 saturated heterocycles. The zero-order valence-electron chi connectivity index (χ0n) is 14.9. The van der Waals surface area contributed by atoms with Crippen molar-refractivity contribution in [2.45, 2.75) is 47.0 Å². The van der Waals surface area contributed by atoms with Gasteiger partial charge in [0.1, 0.15) is 11.5 Å². The molecule has 0 heterocycles. The molecular formula is C21H26O2. The van der Waals surface area contributed by atoms with Crippen molar-refractivity contribution in [1.29, 1.82) is 0 Å². The summed E-state index contributed by atoms with van der Waals surface area (Å²) in [5.74, 6) is 0.710. The molecular weight excluding hydrogens is 284 g/mol. The highest BCUT2D eigenvalue weighted by molar-refractivity contribution is 5.73. The van der Waals surface area contributed by atoms with Gasteiger partial charge in [0, 0.05) is 0 Å². The average molecular weight is 310 g/mol. The monoisotopic (exact) mass is 310 g/mol. The molecule has 2 aromatic rings. The Kier molecular flexibility index (Phi) is 4.56. The molecule has 0 aromatic heterocycles. The molecule has 2 aromatic carbocycles. The van der Waals surface area contributed by atoms with Gasteiger partial charge < -0.3 is 10.2 Å². The molecule has 122 valence electrons. The molecule has 0 amide bonds. The summed E-state index contributed by atoms with van der Waals surface area (Å²) in [6.07, 6.45) is 4.11. The van der Waals surface area contributed by atoms with Crippen LogP contribution in [-0.2, 0) is 5.41 Å². The van der Waals surface area contributed by atoms with E-state index in [1.807, 2.05) is 45.0 Å². The predicted molar refractivity (Wildman–Crippen MR) is 98.1 cm³/mol. The number of hydrogen-bond acceptors (Lipinski definition) is 2. The van der Waals surface area contributed by atoms with Crippen LogP contribution in [0.3, 0.4) is 0 Å². The predicted octanol–water partition coefficient (Wildman–Crippen LogP) is 5.49. The van der Waals surface area contributed by atoms with Gasteiger partial charge >= 0.3 is 0 Å². The maximum Gasteiger partial charge on any atom is 0.121 e. The first-order chi connectivity index (χ1) is 10.6. The first-order valence-corrected chi connectivity index (χ1v) is 7.92. The van der Waals surface area contributed by atoms with Crippen LogP contribution in [0, 0.1) is 20.8 Å². The van der Waals surface area contributed by atoms with Crippen LogP contribution in [0.5, 0.6) is 11.5 Å². The molecule has 2 nitrogen and oxygen atoms in total. The van der Waals surface area contributed by atoms with Crippen molar-refractivity contribution in [1.82, 2.24) is 0 Å². The van der Waals surface area contributed by atoms with Crippen LogP contribution >= 0.6 is 0 Å².